The molecule has 2 heterocycles. The molecule has 7 heteroatoms. The number of hydrogen-bond donors (Lipinski definition) is 1. The molecule has 0 aromatic heterocycles. The minimum Gasteiger partial charge on any atom is -0.497 e. The highest BCUT2D eigenvalue weighted by Crippen LogP contribution is 2.26. The van der Waals surface area contributed by atoms with Crippen molar-refractivity contribution in [3.8, 4) is 5.75 Å². The van der Waals surface area contributed by atoms with Gasteiger partial charge in [-0.2, -0.15) is 0 Å². The van der Waals surface area contributed by atoms with Crippen LogP contribution in [0.3, 0.4) is 0 Å². The predicted molar refractivity (Wildman–Crippen MR) is 134 cm³/mol. The number of nitrogens with one attached hydrogen (secondary N) is 1. The van der Waals surface area contributed by atoms with Gasteiger partial charge in [-0.15, -0.1) is 24.0 Å². The molecule has 0 aliphatic carbocycles. The van der Waals surface area contributed by atoms with Crippen LogP contribution in [0.5, 0.6) is 5.75 Å². The number of nitrogens with zero attached hydrogens (tertiary/aromatic N) is 3. The van der Waals surface area contributed by atoms with Gasteiger partial charge in [0.05, 0.1) is 19.3 Å². The number of benzene rings is 1. The average Bonchev–Trinajstić information content (AvgIpc) is 2.79. The Bertz CT molecular complexity index is 627. The van der Waals surface area contributed by atoms with Crippen LogP contribution in [0, 0.1) is 0 Å². The minimum atomic E-state index is 0. The van der Waals surface area contributed by atoms with E-state index in [4.69, 9.17) is 9.47 Å². The number of guanidine groups is 1. The zero-order chi connectivity index (χ0) is 20.5. The van der Waals surface area contributed by atoms with E-state index in [0.717, 1.165) is 63.9 Å². The molecule has 6 nitrogen and oxygen atoms in total. The maximum Gasteiger partial charge on any atom is 0.193 e. The summed E-state index contributed by atoms with van der Waals surface area (Å²) in [6.45, 7) is 8.07. The fraction of sp³-hybridized carbons (Fsp3) is 0.696. The average molecular weight is 530 g/mol. The van der Waals surface area contributed by atoms with E-state index in [0.29, 0.717) is 12.1 Å². The SMILES string of the molecule is CCOC1CCN(C(=NC)NCC(c2ccc(OC)cc2)N2CCCCC2)CC1.I. The van der Waals surface area contributed by atoms with E-state index in [2.05, 4.69) is 51.3 Å². The van der Waals surface area contributed by atoms with Crippen molar-refractivity contribution in [2.24, 2.45) is 4.99 Å². The summed E-state index contributed by atoms with van der Waals surface area (Å²) in [7, 11) is 3.61. The number of likely N-dealkylation sites (tertiary alicyclic amines) is 2. The minimum absolute atomic E-state index is 0. The molecule has 170 valence electrons. The second kappa shape index (κ2) is 13.4. The number of aliphatic imine (C=N–C) groups is 1. The molecule has 2 aliphatic rings. The van der Waals surface area contributed by atoms with Crippen molar-refractivity contribution in [1.29, 1.82) is 0 Å². The highest BCUT2D eigenvalue weighted by Gasteiger charge is 2.25. The fourth-order valence-electron chi connectivity index (χ4n) is 4.50. The van der Waals surface area contributed by atoms with Crippen molar-refractivity contribution in [3.05, 3.63) is 29.8 Å². The number of hydrogen-bond acceptors (Lipinski definition) is 4. The van der Waals surface area contributed by atoms with E-state index in [1.54, 1.807) is 7.11 Å². The summed E-state index contributed by atoms with van der Waals surface area (Å²) < 4.78 is 11.1. The number of ether oxygens (including phenoxy) is 2. The lowest BCUT2D eigenvalue weighted by Gasteiger charge is -2.37. The summed E-state index contributed by atoms with van der Waals surface area (Å²) in [5, 5.41) is 3.67. The highest BCUT2D eigenvalue weighted by atomic mass is 127. The van der Waals surface area contributed by atoms with Gasteiger partial charge in [-0.25, -0.2) is 0 Å². The molecule has 30 heavy (non-hydrogen) atoms. The molecule has 0 bridgehead atoms. The normalized spacial score (nSPS) is 19.8. The second-order valence-corrected chi connectivity index (χ2v) is 7.96. The van der Waals surface area contributed by atoms with Crippen molar-refractivity contribution >= 4 is 29.9 Å². The topological polar surface area (TPSA) is 49.3 Å². The monoisotopic (exact) mass is 530 g/mol. The van der Waals surface area contributed by atoms with Crippen LogP contribution in [0.25, 0.3) is 0 Å². The Morgan fingerprint density at radius 1 is 1.10 bits per heavy atom. The van der Waals surface area contributed by atoms with Crippen LogP contribution in [0.2, 0.25) is 0 Å². The van der Waals surface area contributed by atoms with E-state index in [1.807, 2.05) is 7.05 Å². The number of methoxy groups -OCH3 is 1. The van der Waals surface area contributed by atoms with Crippen LogP contribution in [-0.4, -0.2) is 75.4 Å². The van der Waals surface area contributed by atoms with Gasteiger partial charge in [-0.3, -0.25) is 9.89 Å². The Labute approximate surface area is 199 Å². The van der Waals surface area contributed by atoms with Gasteiger partial charge < -0.3 is 19.7 Å². The van der Waals surface area contributed by atoms with E-state index < -0.39 is 0 Å². The summed E-state index contributed by atoms with van der Waals surface area (Å²) >= 11 is 0. The fourth-order valence-corrected chi connectivity index (χ4v) is 4.50. The van der Waals surface area contributed by atoms with Crippen molar-refractivity contribution < 1.29 is 9.47 Å². The molecule has 2 fully saturated rings. The summed E-state index contributed by atoms with van der Waals surface area (Å²) in [5.41, 5.74) is 1.34. The van der Waals surface area contributed by atoms with Crippen LogP contribution >= 0.6 is 24.0 Å². The molecule has 1 aromatic carbocycles. The number of rotatable bonds is 7. The maximum atomic E-state index is 5.79. The molecule has 0 amide bonds. The Morgan fingerprint density at radius 3 is 2.33 bits per heavy atom. The lowest BCUT2D eigenvalue weighted by molar-refractivity contribution is 0.0263. The lowest BCUT2D eigenvalue weighted by atomic mass is 10.0. The molecule has 0 spiro atoms. The third kappa shape index (κ3) is 6.99. The molecule has 3 rings (SSSR count). The van der Waals surface area contributed by atoms with Gasteiger partial charge in [-0.05, 0) is 63.4 Å². The second-order valence-electron chi connectivity index (χ2n) is 7.96. The molecule has 1 unspecified atom stereocenters. The Morgan fingerprint density at radius 2 is 1.77 bits per heavy atom. The molecule has 0 radical (unpaired) electrons. The number of halogens is 1. The molecular formula is C23H39IN4O2. The summed E-state index contributed by atoms with van der Waals surface area (Å²) in [6.07, 6.45) is 6.45. The van der Waals surface area contributed by atoms with Gasteiger partial charge in [0.1, 0.15) is 5.75 Å². The molecule has 2 aliphatic heterocycles. The van der Waals surface area contributed by atoms with Crippen LogP contribution in [-0.2, 0) is 4.74 Å². The first kappa shape index (κ1) is 25.2. The van der Waals surface area contributed by atoms with Crippen LogP contribution in [0.4, 0.5) is 0 Å². The van der Waals surface area contributed by atoms with Crippen LogP contribution in [0.15, 0.2) is 29.3 Å². The van der Waals surface area contributed by atoms with Gasteiger partial charge in [0.15, 0.2) is 5.96 Å². The quantitative estimate of drug-likeness (QED) is 0.329. The van der Waals surface area contributed by atoms with Crippen LogP contribution in [0.1, 0.15) is 50.6 Å². The smallest absolute Gasteiger partial charge is 0.193 e. The van der Waals surface area contributed by atoms with E-state index in [9.17, 15) is 0 Å². The maximum absolute atomic E-state index is 5.79. The first-order valence-corrected chi connectivity index (χ1v) is 11.2. The van der Waals surface area contributed by atoms with Gasteiger partial charge in [0, 0.05) is 33.3 Å². The summed E-state index contributed by atoms with van der Waals surface area (Å²) in [5.74, 6) is 1.92. The van der Waals surface area contributed by atoms with E-state index >= 15 is 0 Å². The molecule has 0 saturated carbocycles. The zero-order valence-corrected chi connectivity index (χ0v) is 21.1. The molecule has 1 atom stereocenters. The molecule has 1 N–H and O–H groups in total. The van der Waals surface area contributed by atoms with E-state index in [1.165, 1.54) is 24.8 Å². The lowest BCUT2D eigenvalue weighted by Crippen LogP contribution is -2.49. The Balaban J connectivity index is 0.00000320. The zero-order valence-electron chi connectivity index (χ0n) is 18.8. The van der Waals surface area contributed by atoms with Gasteiger partial charge in [-0.1, -0.05) is 18.6 Å². The van der Waals surface area contributed by atoms with E-state index in [-0.39, 0.29) is 24.0 Å². The van der Waals surface area contributed by atoms with Crippen molar-refractivity contribution in [2.45, 2.75) is 51.2 Å². The molecule has 2 saturated heterocycles. The summed E-state index contributed by atoms with van der Waals surface area (Å²) in [6, 6.07) is 8.89. The molecule has 1 aromatic rings. The van der Waals surface area contributed by atoms with Gasteiger partial charge in [0.25, 0.3) is 0 Å². The molecular weight excluding hydrogens is 491 g/mol. The predicted octanol–water partition coefficient (Wildman–Crippen LogP) is 3.92. The Hall–Kier alpha value is -1.06. The first-order chi connectivity index (χ1) is 14.2. The standard InChI is InChI=1S/C23H38N4O2.HI/c1-4-29-21-12-16-27(17-13-21)23(24-2)25-18-22(26-14-6-5-7-15-26)19-8-10-20(28-3)11-9-19;/h8-11,21-22H,4-7,12-18H2,1-3H3,(H,24,25);1H. The van der Waals surface area contributed by atoms with Crippen LogP contribution < -0.4 is 10.1 Å². The first-order valence-electron chi connectivity index (χ1n) is 11.2. The van der Waals surface area contributed by atoms with Gasteiger partial charge >= 0.3 is 0 Å². The third-order valence-corrected chi connectivity index (χ3v) is 6.14. The van der Waals surface area contributed by atoms with Crippen molar-refractivity contribution in [3.63, 3.8) is 0 Å². The largest absolute Gasteiger partial charge is 0.497 e. The van der Waals surface area contributed by atoms with Crippen molar-refractivity contribution in [2.75, 3.05) is 53.5 Å². The van der Waals surface area contributed by atoms with Crippen molar-refractivity contribution in [1.82, 2.24) is 15.1 Å². The highest BCUT2D eigenvalue weighted by molar-refractivity contribution is 14.0. The van der Waals surface area contributed by atoms with Gasteiger partial charge in [0.2, 0.25) is 0 Å². The Kier molecular flexibility index (Phi) is 11.2. The number of piperidine rings is 2. The third-order valence-electron chi connectivity index (χ3n) is 6.14. The summed E-state index contributed by atoms with van der Waals surface area (Å²) in [4.78, 5) is 9.56.